The van der Waals surface area contributed by atoms with Crippen LogP contribution in [-0.4, -0.2) is 23.2 Å². The van der Waals surface area contributed by atoms with E-state index in [1.807, 2.05) is 0 Å². The van der Waals surface area contributed by atoms with Crippen molar-refractivity contribution in [1.29, 1.82) is 0 Å². The van der Waals surface area contributed by atoms with E-state index in [1.165, 1.54) is 12.1 Å². The van der Waals surface area contributed by atoms with E-state index < -0.39 is 10.1 Å². The Hall–Kier alpha value is -0.920. The first-order valence-corrected chi connectivity index (χ1v) is 5.83. The summed E-state index contributed by atoms with van der Waals surface area (Å²) in [6.07, 6.45) is 0. The Bertz CT molecular complexity index is 590. The molecule has 0 saturated carbocycles. The van der Waals surface area contributed by atoms with Gasteiger partial charge in [-0.25, -0.2) is 0 Å². The number of halogens is 1. The number of aromatic amines is 1. The van der Waals surface area contributed by atoms with E-state index in [2.05, 4.69) is 26.1 Å². The van der Waals surface area contributed by atoms with Crippen molar-refractivity contribution in [3.05, 3.63) is 22.8 Å². The Labute approximate surface area is 88.0 Å². The van der Waals surface area contributed by atoms with Crippen molar-refractivity contribution in [1.82, 2.24) is 10.2 Å². The Morgan fingerprint density at radius 1 is 1.43 bits per heavy atom. The van der Waals surface area contributed by atoms with Crippen LogP contribution >= 0.6 is 15.9 Å². The monoisotopic (exact) mass is 276 g/mol. The number of hydrogen-bond donors (Lipinski definition) is 2. The second kappa shape index (κ2) is 3.04. The summed E-state index contributed by atoms with van der Waals surface area (Å²) in [5.74, 6) is 0. The van der Waals surface area contributed by atoms with Gasteiger partial charge in [0.15, 0.2) is 0 Å². The minimum Gasteiger partial charge on any atom is -0.282 e. The van der Waals surface area contributed by atoms with Gasteiger partial charge in [-0.3, -0.25) is 9.65 Å². The zero-order valence-corrected chi connectivity index (χ0v) is 9.13. The van der Waals surface area contributed by atoms with Crippen LogP contribution in [0, 0.1) is 0 Å². The molecule has 0 aliphatic heterocycles. The van der Waals surface area contributed by atoms with Gasteiger partial charge in [-0.05, 0) is 34.1 Å². The van der Waals surface area contributed by atoms with Gasteiger partial charge in [-0.2, -0.15) is 13.5 Å². The van der Waals surface area contributed by atoms with Crippen molar-refractivity contribution in [2.24, 2.45) is 0 Å². The van der Waals surface area contributed by atoms with E-state index >= 15 is 0 Å². The molecule has 2 rings (SSSR count). The van der Waals surface area contributed by atoms with Crippen molar-refractivity contribution in [2.75, 3.05) is 0 Å². The predicted octanol–water partition coefficient (Wildman–Crippen LogP) is 1.57. The summed E-state index contributed by atoms with van der Waals surface area (Å²) in [5.41, 5.74) is 0.548. The highest BCUT2D eigenvalue weighted by Crippen LogP contribution is 2.23. The van der Waals surface area contributed by atoms with Crippen molar-refractivity contribution in [2.45, 2.75) is 4.90 Å². The fourth-order valence-electron chi connectivity index (χ4n) is 1.13. The van der Waals surface area contributed by atoms with Crippen molar-refractivity contribution in [3.63, 3.8) is 0 Å². The predicted molar refractivity (Wildman–Crippen MR) is 53.6 cm³/mol. The minimum atomic E-state index is -4.15. The Morgan fingerprint density at radius 2 is 2.14 bits per heavy atom. The fourth-order valence-corrected chi connectivity index (χ4v) is 2.07. The highest BCUT2D eigenvalue weighted by Gasteiger charge is 2.11. The normalized spacial score (nSPS) is 12.1. The minimum absolute atomic E-state index is 0.152. The molecule has 1 aromatic carbocycles. The number of H-pyrrole nitrogens is 1. The molecule has 1 heterocycles. The SMILES string of the molecule is O=S(=O)(O)c1ccc2c(Br)n[nH]c2c1. The number of rotatable bonds is 1. The molecule has 0 radical (unpaired) electrons. The summed E-state index contributed by atoms with van der Waals surface area (Å²) >= 11 is 3.19. The Kier molecular flexibility index (Phi) is 2.09. The fraction of sp³-hybridized carbons (Fsp3) is 0. The van der Waals surface area contributed by atoms with E-state index in [1.54, 1.807) is 6.07 Å². The quantitative estimate of drug-likeness (QED) is 0.775. The molecule has 0 amide bonds. The maximum absolute atomic E-state index is 10.8. The number of nitrogens with one attached hydrogen (secondary N) is 1. The van der Waals surface area contributed by atoms with Crippen LogP contribution in [0.4, 0.5) is 0 Å². The lowest BCUT2D eigenvalue weighted by Crippen LogP contribution is -1.97. The lowest BCUT2D eigenvalue weighted by Gasteiger charge is -1.95. The molecule has 5 nitrogen and oxygen atoms in total. The molecule has 14 heavy (non-hydrogen) atoms. The number of hydrogen-bond acceptors (Lipinski definition) is 3. The smallest absolute Gasteiger partial charge is 0.282 e. The van der Waals surface area contributed by atoms with E-state index in [4.69, 9.17) is 4.55 Å². The Balaban J connectivity index is 2.76. The first kappa shape index (κ1) is 9.63. The van der Waals surface area contributed by atoms with Gasteiger partial charge in [0, 0.05) is 5.39 Å². The van der Waals surface area contributed by atoms with E-state index in [0.29, 0.717) is 10.1 Å². The third kappa shape index (κ3) is 1.54. The third-order valence-corrected chi connectivity index (χ3v) is 3.24. The van der Waals surface area contributed by atoms with Crippen LogP contribution in [-0.2, 0) is 10.1 Å². The third-order valence-electron chi connectivity index (χ3n) is 1.79. The topological polar surface area (TPSA) is 83.1 Å². The molecule has 0 saturated heterocycles. The zero-order valence-electron chi connectivity index (χ0n) is 6.73. The first-order valence-electron chi connectivity index (χ1n) is 3.59. The van der Waals surface area contributed by atoms with Crippen LogP contribution in [0.5, 0.6) is 0 Å². The summed E-state index contributed by atoms with van der Waals surface area (Å²) < 4.78 is 31.0. The standard InChI is InChI=1S/C7H5BrN2O3S/c8-7-5-2-1-4(14(11,12)13)3-6(5)9-10-7/h1-3H,(H,9,10)(H,11,12,13). The van der Waals surface area contributed by atoms with Crippen molar-refractivity contribution in [3.8, 4) is 0 Å². The van der Waals surface area contributed by atoms with Crippen LogP contribution in [0.3, 0.4) is 0 Å². The molecular formula is C7H5BrN2O3S. The van der Waals surface area contributed by atoms with Crippen LogP contribution in [0.15, 0.2) is 27.7 Å². The molecule has 0 fully saturated rings. The highest BCUT2D eigenvalue weighted by molar-refractivity contribution is 9.10. The maximum Gasteiger partial charge on any atom is 0.294 e. The largest absolute Gasteiger partial charge is 0.294 e. The van der Waals surface area contributed by atoms with Gasteiger partial charge in [0.1, 0.15) is 4.60 Å². The Morgan fingerprint density at radius 3 is 2.79 bits per heavy atom. The van der Waals surface area contributed by atoms with Gasteiger partial charge in [-0.1, -0.05) is 0 Å². The van der Waals surface area contributed by atoms with Gasteiger partial charge in [0.25, 0.3) is 10.1 Å². The van der Waals surface area contributed by atoms with Crippen LogP contribution in [0.2, 0.25) is 0 Å². The summed E-state index contributed by atoms with van der Waals surface area (Å²) in [6, 6.07) is 4.20. The molecule has 2 N–H and O–H groups in total. The molecule has 0 atom stereocenters. The average Bonchev–Trinajstić information content (AvgIpc) is 2.46. The molecule has 0 unspecified atom stereocenters. The van der Waals surface area contributed by atoms with Gasteiger partial charge in [0.05, 0.1) is 10.4 Å². The van der Waals surface area contributed by atoms with Crippen LogP contribution < -0.4 is 0 Å². The lowest BCUT2D eigenvalue weighted by molar-refractivity contribution is 0.483. The summed E-state index contributed by atoms with van der Waals surface area (Å²) in [6.45, 7) is 0. The number of nitrogens with zero attached hydrogens (tertiary/aromatic N) is 1. The molecule has 7 heteroatoms. The maximum atomic E-state index is 10.8. The van der Waals surface area contributed by atoms with Crippen molar-refractivity contribution >= 4 is 37.0 Å². The van der Waals surface area contributed by atoms with Crippen LogP contribution in [0.1, 0.15) is 0 Å². The molecule has 1 aromatic heterocycles. The molecule has 2 aromatic rings. The highest BCUT2D eigenvalue weighted by atomic mass is 79.9. The van der Waals surface area contributed by atoms with Gasteiger partial charge >= 0.3 is 0 Å². The lowest BCUT2D eigenvalue weighted by atomic mass is 10.3. The summed E-state index contributed by atoms with van der Waals surface area (Å²) in [5, 5.41) is 7.22. The average molecular weight is 277 g/mol. The molecule has 0 bridgehead atoms. The molecule has 0 aliphatic carbocycles. The zero-order chi connectivity index (χ0) is 10.3. The summed E-state index contributed by atoms with van der Waals surface area (Å²) in [7, 11) is -4.15. The molecule has 0 aliphatic rings. The molecule has 0 spiro atoms. The first-order chi connectivity index (χ1) is 6.48. The van der Waals surface area contributed by atoms with Gasteiger partial charge < -0.3 is 0 Å². The molecule has 74 valence electrons. The van der Waals surface area contributed by atoms with Crippen LogP contribution in [0.25, 0.3) is 10.9 Å². The van der Waals surface area contributed by atoms with Crippen molar-refractivity contribution < 1.29 is 13.0 Å². The number of aromatic nitrogens is 2. The summed E-state index contributed by atoms with van der Waals surface area (Å²) in [4.78, 5) is -0.152. The van der Waals surface area contributed by atoms with E-state index in [0.717, 1.165) is 5.39 Å². The van der Waals surface area contributed by atoms with Gasteiger partial charge in [0.2, 0.25) is 0 Å². The second-order valence-electron chi connectivity index (χ2n) is 2.70. The second-order valence-corrected chi connectivity index (χ2v) is 4.87. The van der Waals surface area contributed by atoms with E-state index in [-0.39, 0.29) is 4.90 Å². The van der Waals surface area contributed by atoms with E-state index in [9.17, 15) is 8.42 Å². The van der Waals surface area contributed by atoms with Gasteiger partial charge in [-0.15, -0.1) is 0 Å². The molecular weight excluding hydrogens is 272 g/mol. The number of fused-ring (bicyclic) bond motifs is 1. The number of benzene rings is 1.